The van der Waals surface area contributed by atoms with Crippen LogP contribution in [0.2, 0.25) is 0 Å². The van der Waals surface area contributed by atoms with Gasteiger partial charge in [0.25, 0.3) is 5.56 Å². The van der Waals surface area contributed by atoms with E-state index < -0.39 is 72.0 Å². The Morgan fingerprint density at radius 2 is 1.71 bits per heavy atom. The van der Waals surface area contributed by atoms with Gasteiger partial charge >= 0.3 is 29.2 Å². The molecule has 0 bridgehead atoms. The van der Waals surface area contributed by atoms with Gasteiger partial charge in [0, 0.05) is 12.3 Å². The zero-order chi connectivity index (χ0) is 23.8. The van der Waals surface area contributed by atoms with Gasteiger partial charge in [0.2, 0.25) is 5.72 Å². The van der Waals surface area contributed by atoms with Gasteiger partial charge in [-0.15, -0.1) is 0 Å². The number of phosphoric acid groups is 3. The van der Waals surface area contributed by atoms with Crippen molar-refractivity contribution in [3.63, 3.8) is 0 Å². The quantitative estimate of drug-likeness (QED) is 0.149. The molecule has 1 saturated heterocycles. The third-order valence-electron chi connectivity index (χ3n) is 3.80. The third kappa shape index (κ3) is 6.25. The Hall–Kier alpha value is -1.07. The van der Waals surface area contributed by atoms with E-state index in [2.05, 4.69) is 13.1 Å². The normalized spacial score (nSPS) is 30.6. The standard InChI is InChI=1S/C10H17N2O16P3/c13-4-10(12-2-1-6(14)11-9(12)17)8(16)7(15)5(26-10)3-25-30(21,22)28-31(23,24)27-29(18,19)20/h1-2,5,7-8,13,15-16H,3-4H2,(H,21,22)(H,23,24)(H,11,14,17)(H2,18,19,20)/t5-,7-,8-,10-/m1/s1. The van der Waals surface area contributed by atoms with Gasteiger partial charge in [-0.25, -0.2) is 18.5 Å². The van der Waals surface area contributed by atoms with Gasteiger partial charge in [0.1, 0.15) is 18.3 Å². The number of aliphatic hydroxyl groups is 3. The molecule has 1 aliphatic heterocycles. The van der Waals surface area contributed by atoms with Crippen LogP contribution >= 0.6 is 23.5 Å². The number of hydrogen-bond acceptors (Lipinski definition) is 12. The van der Waals surface area contributed by atoms with Crippen molar-refractivity contribution >= 4 is 23.5 Å². The lowest BCUT2D eigenvalue weighted by Gasteiger charge is -2.31. The van der Waals surface area contributed by atoms with Crippen LogP contribution in [0.1, 0.15) is 0 Å². The molecule has 0 aliphatic carbocycles. The van der Waals surface area contributed by atoms with Gasteiger partial charge in [-0.2, -0.15) is 8.62 Å². The molecule has 0 spiro atoms. The number of aromatic amines is 1. The molecule has 1 aromatic heterocycles. The minimum absolute atomic E-state index is 0.535. The summed E-state index contributed by atoms with van der Waals surface area (Å²) in [7, 11) is -17.0. The maximum atomic E-state index is 12.0. The van der Waals surface area contributed by atoms with E-state index in [9.17, 15) is 43.5 Å². The van der Waals surface area contributed by atoms with Crippen molar-refractivity contribution in [1.29, 1.82) is 0 Å². The van der Waals surface area contributed by atoms with Gasteiger partial charge in [-0.3, -0.25) is 18.9 Å². The van der Waals surface area contributed by atoms with Gasteiger partial charge in [0.15, 0.2) is 0 Å². The lowest BCUT2D eigenvalue weighted by atomic mass is 10.0. The highest BCUT2D eigenvalue weighted by molar-refractivity contribution is 7.66. The Kier molecular flexibility index (Phi) is 7.65. The Bertz CT molecular complexity index is 1060. The maximum absolute atomic E-state index is 12.0. The summed E-state index contributed by atoms with van der Waals surface area (Å²) >= 11 is 0. The Labute approximate surface area is 170 Å². The Balaban J connectivity index is 2.19. The first-order chi connectivity index (χ1) is 14.0. The number of ether oxygens (including phenoxy) is 1. The predicted octanol–water partition coefficient (Wildman–Crippen LogP) is -3.35. The fraction of sp³-hybridized carbons (Fsp3) is 0.600. The van der Waals surface area contributed by atoms with Crippen LogP contribution in [-0.2, 0) is 37.3 Å². The van der Waals surface area contributed by atoms with E-state index in [-0.39, 0.29) is 0 Å². The molecule has 18 nitrogen and oxygen atoms in total. The van der Waals surface area contributed by atoms with Crippen LogP contribution < -0.4 is 11.2 Å². The van der Waals surface area contributed by atoms with Gasteiger partial charge in [-0.05, 0) is 0 Å². The Morgan fingerprint density at radius 3 is 2.23 bits per heavy atom. The number of phosphoric ester groups is 1. The molecule has 0 amide bonds. The molecule has 0 radical (unpaired) electrons. The summed E-state index contributed by atoms with van der Waals surface area (Å²) in [5.74, 6) is 0. The van der Waals surface area contributed by atoms with Crippen LogP contribution in [0.3, 0.4) is 0 Å². The molecule has 178 valence electrons. The van der Waals surface area contributed by atoms with Crippen LogP contribution in [0.5, 0.6) is 0 Å². The largest absolute Gasteiger partial charge is 0.490 e. The molecule has 1 aromatic rings. The number of aliphatic hydroxyl groups excluding tert-OH is 3. The second-order valence-electron chi connectivity index (χ2n) is 5.96. The van der Waals surface area contributed by atoms with Crippen molar-refractivity contribution < 1.29 is 66.5 Å². The van der Waals surface area contributed by atoms with E-state index >= 15 is 0 Å². The number of rotatable bonds is 9. The zero-order valence-electron chi connectivity index (χ0n) is 14.9. The highest BCUT2D eigenvalue weighted by atomic mass is 31.3. The SMILES string of the molecule is O=c1ccn([C@]2(CO)O[C@H](COP(=O)(O)OP(=O)(O)OP(=O)(O)O)[C@@H](O)[C@H]2O)c(=O)[nH]1. The monoisotopic (exact) mass is 514 g/mol. The third-order valence-corrected chi connectivity index (χ3v) is 7.60. The fourth-order valence-electron chi connectivity index (χ4n) is 2.60. The minimum Gasteiger partial charge on any atom is -0.391 e. The summed E-state index contributed by atoms with van der Waals surface area (Å²) in [5.41, 5.74) is -4.35. The van der Waals surface area contributed by atoms with Crippen LogP contribution in [-0.4, -0.2) is 76.0 Å². The molecule has 2 rings (SSSR count). The predicted molar refractivity (Wildman–Crippen MR) is 93.1 cm³/mol. The van der Waals surface area contributed by atoms with Crippen LogP contribution in [0.4, 0.5) is 0 Å². The van der Waals surface area contributed by atoms with Gasteiger partial charge in [0.05, 0.1) is 13.2 Å². The second-order valence-corrected chi connectivity index (χ2v) is 10.4. The molecular formula is C10H17N2O16P3. The number of aromatic nitrogens is 2. The maximum Gasteiger partial charge on any atom is 0.490 e. The highest BCUT2D eigenvalue weighted by Crippen LogP contribution is 2.66. The number of hydrogen-bond donors (Lipinski definition) is 8. The molecule has 0 aromatic carbocycles. The van der Waals surface area contributed by atoms with Gasteiger partial charge < -0.3 is 39.6 Å². The van der Waals surface area contributed by atoms with E-state index in [1.807, 2.05) is 4.98 Å². The zero-order valence-corrected chi connectivity index (χ0v) is 17.6. The van der Waals surface area contributed by atoms with Crippen molar-refractivity contribution in [2.75, 3.05) is 13.2 Å². The molecule has 21 heteroatoms. The second kappa shape index (κ2) is 9.05. The van der Waals surface area contributed by atoms with E-state index in [4.69, 9.17) is 19.4 Å². The molecule has 31 heavy (non-hydrogen) atoms. The average Bonchev–Trinajstić information content (AvgIpc) is 2.82. The first-order valence-electron chi connectivity index (χ1n) is 7.77. The van der Waals surface area contributed by atoms with Gasteiger partial charge in [-0.1, -0.05) is 0 Å². The van der Waals surface area contributed by atoms with E-state index in [0.29, 0.717) is 4.57 Å². The van der Waals surface area contributed by atoms with Crippen molar-refractivity contribution in [3.8, 4) is 0 Å². The molecule has 6 atom stereocenters. The average molecular weight is 514 g/mol. The van der Waals surface area contributed by atoms with Crippen LogP contribution in [0.15, 0.2) is 21.9 Å². The summed E-state index contributed by atoms with van der Waals surface area (Å²) in [6.45, 7) is -2.30. The van der Waals surface area contributed by atoms with Crippen molar-refractivity contribution in [2.45, 2.75) is 24.0 Å². The topological polar surface area (TPSA) is 285 Å². The molecule has 1 aliphatic rings. The van der Waals surface area contributed by atoms with Crippen molar-refractivity contribution in [1.82, 2.24) is 9.55 Å². The van der Waals surface area contributed by atoms with E-state index in [1.54, 1.807) is 0 Å². The summed E-state index contributed by atoms with van der Waals surface area (Å²) in [6, 6.07) is 0.834. The van der Waals surface area contributed by atoms with Crippen LogP contribution in [0, 0.1) is 0 Å². The fourth-order valence-corrected chi connectivity index (χ4v) is 5.63. The van der Waals surface area contributed by atoms with Crippen molar-refractivity contribution in [3.05, 3.63) is 33.1 Å². The molecule has 2 heterocycles. The first kappa shape index (κ1) is 26.2. The first-order valence-corrected chi connectivity index (χ1v) is 12.3. The van der Waals surface area contributed by atoms with Crippen LogP contribution in [0.25, 0.3) is 0 Å². The molecule has 8 N–H and O–H groups in total. The minimum atomic E-state index is -5.79. The summed E-state index contributed by atoms with van der Waals surface area (Å²) in [5, 5.41) is 30.1. The summed E-state index contributed by atoms with van der Waals surface area (Å²) in [4.78, 5) is 60.4. The van der Waals surface area contributed by atoms with Crippen molar-refractivity contribution in [2.24, 2.45) is 0 Å². The summed E-state index contributed by atoms with van der Waals surface area (Å²) < 4.78 is 50.7. The summed E-state index contributed by atoms with van der Waals surface area (Å²) in [6.07, 6.45) is -4.95. The van der Waals surface area contributed by atoms with E-state index in [0.717, 1.165) is 12.3 Å². The molecular weight excluding hydrogens is 497 g/mol. The molecule has 0 saturated carbocycles. The number of nitrogens with one attached hydrogen (secondary N) is 1. The Morgan fingerprint density at radius 1 is 1.10 bits per heavy atom. The lowest BCUT2D eigenvalue weighted by molar-refractivity contribution is -0.173. The number of nitrogens with zero attached hydrogens (tertiary/aromatic N) is 1. The molecule has 2 unspecified atom stereocenters. The lowest BCUT2D eigenvalue weighted by Crippen LogP contribution is -2.53. The smallest absolute Gasteiger partial charge is 0.391 e. The number of H-pyrrole nitrogens is 1. The van der Waals surface area contributed by atoms with E-state index in [1.165, 1.54) is 0 Å². The molecule has 1 fully saturated rings. The highest BCUT2D eigenvalue weighted by Gasteiger charge is 2.56.